The number of carboxylic acids is 1. The number of aromatic amines is 1. The molecule has 2 aromatic carbocycles. The number of amides is 9. The van der Waals surface area contributed by atoms with E-state index in [2.05, 4.69) is 52.8 Å². The van der Waals surface area contributed by atoms with Crippen molar-refractivity contribution in [2.24, 2.45) is 34.6 Å². The number of aromatic nitrogens is 1. The molecule has 0 spiro atoms. The van der Waals surface area contributed by atoms with Crippen molar-refractivity contribution in [3.63, 3.8) is 0 Å². The Morgan fingerprint density at radius 3 is 1.87 bits per heavy atom. The average Bonchev–Trinajstić information content (AvgIpc) is 1.48. The Bertz CT molecular complexity index is 3520. The van der Waals surface area contributed by atoms with Crippen LogP contribution >= 0.6 is 0 Å². The van der Waals surface area contributed by atoms with Crippen LogP contribution in [0.2, 0.25) is 0 Å². The van der Waals surface area contributed by atoms with Gasteiger partial charge in [-0.3, -0.25) is 71.9 Å². The molecule has 0 fully saturated rings. The van der Waals surface area contributed by atoms with Crippen LogP contribution in [0.15, 0.2) is 66.9 Å². The highest BCUT2D eigenvalue weighted by Gasteiger charge is 2.41. The molecule has 29 nitrogen and oxygen atoms in total. The molecule has 0 radical (unpaired) electrons. The maximum Gasteiger partial charge on any atom is 0.303 e. The third kappa shape index (κ3) is 27.4. The second-order valence-electron chi connectivity index (χ2n) is 27.9. The minimum Gasteiger partial charge on any atom is -0.508 e. The summed E-state index contributed by atoms with van der Waals surface area (Å²) in [4.78, 5) is 209. The van der Waals surface area contributed by atoms with Gasteiger partial charge in [0, 0.05) is 68.2 Å². The summed E-state index contributed by atoms with van der Waals surface area (Å²) < 4.78 is 0. The molecule has 12 atom stereocenters. The minimum atomic E-state index is -1.74. The molecule has 16 N–H and O–H groups in total. The van der Waals surface area contributed by atoms with E-state index in [9.17, 15) is 82.1 Å². The molecule has 1 aliphatic rings. The van der Waals surface area contributed by atoms with Crippen molar-refractivity contribution < 1.29 is 82.1 Å². The van der Waals surface area contributed by atoms with Gasteiger partial charge in [0.05, 0.1) is 35.5 Å². The van der Waals surface area contributed by atoms with E-state index >= 15 is 0 Å². The number of aliphatic carboxylic acids is 1. The van der Waals surface area contributed by atoms with Gasteiger partial charge in [0.25, 0.3) is 0 Å². The van der Waals surface area contributed by atoms with E-state index < -0.39 is 173 Å². The van der Waals surface area contributed by atoms with E-state index in [1.807, 2.05) is 26.0 Å². The van der Waals surface area contributed by atoms with E-state index in [1.165, 1.54) is 65.8 Å². The number of para-hydroxylation sites is 1. The molecule has 29 heteroatoms. The number of carboxylic acid groups (broad SMARTS) is 1. The van der Waals surface area contributed by atoms with Gasteiger partial charge in [-0.15, -0.1) is 0 Å². The molecule has 0 saturated carbocycles. The second-order valence-corrected chi connectivity index (χ2v) is 27.9. The molecule has 4 rings (SSSR count). The number of hydrogen-bond donors (Lipinski definition) is 14. The largest absolute Gasteiger partial charge is 0.508 e. The SMILES string of the molecule is CC(=O)C[C@]1(C)CCCCCC/C=C/CCC[C@@](C)(C(=O)NC(C)C(=O)N[C@@H](C)C(=O)C(=O)[C@H](C)NC[C@H](C)C(N)=O)NC(=O)[C@H](CC(C)C)CN[C@@H](CCC(N)=O)C(=O)C(=O)C(C)NC(=O)[C@H](Cc2c[nH]c3ccccc23)NC(=O)C(Cc2ccc(O)cc2)NC(=O)[C@H](CCC(=O)O)NC1=O. The summed E-state index contributed by atoms with van der Waals surface area (Å²) in [5.74, 6) is -15.1. The number of Topliss-reactive ketones (excluding diaryl/α,β-unsaturated/α-hetero) is 5. The number of rotatable bonds is 25. The van der Waals surface area contributed by atoms with E-state index in [0.29, 0.717) is 67.0 Å². The summed E-state index contributed by atoms with van der Waals surface area (Å²) in [6, 6.07) is 1.15. The van der Waals surface area contributed by atoms with Crippen LogP contribution in [0, 0.1) is 23.2 Å². The number of allylic oxidation sites excluding steroid dienone is 2. The fourth-order valence-electron chi connectivity index (χ4n) is 11.9. The predicted octanol–water partition coefficient (Wildman–Crippen LogP) is 2.69. The number of nitrogens with one attached hydrogen (secondary N) is 10. The van der Waals surface area contributed by atoms with Crippen LogP contribution in [0.25, 0.3) is 10.9 Å². The molecule has 3 unspecified atom stereocenters. The smallest absolute Gasteiger partial charge is 0.303 e. The van der Waals surface area contributed by atoms with Gasteiger partial charge in [0.1, 0.15) is 41.2 Å². The molecule has 0 saturated heterocycles. The van der Waals surface area contributed by atoms with Crippen molar-refractivity contribution in [1.29, 1.82) is 0 Å². The summed E-state index contributed by atoms with van der Waals surface area (Å²) in [7, 11) is 0. The number of primary amides is 2. The molecule has 9 amide bonds. The average molecular weight is 1420 g/mol. The van der Waals surface area contributed by atoms with E-state index in [-0.39, 0.29) is 75.5 Å². The number of fused-ring (bicyclic) bond motifs is 1. The van der Waals surface area contributed by atoms with Crippen LogP contribution < -0.4 is 59.3 Å². The van der Waals surface area contributed by atoms with E-state index in [1.54, 1.807) is 44.3 Å². The molecule has 560 valence electrons. The first-order chi connectivity index (χ1) is 47.9. The molecule has 1 aromatic heterocycles. The Morgan fingerprint density at radius 1 is 0.647 bits per heavy atom. The topological polar surface area (TPSA) is 473 Å². The maximum atomic E-state index is 14.9. The van der Waals surface area contributed by atoms with Crippen molar-refractivity contribution in [2.75, 3.05) is 13.1 Å². The summed E-state index contributed by atoms with van der Waals surface area (Å²) in [6.45, 7) is 14.6. The van der Waals surface area contributed by atoms with Crippen LogP contribution in [-0.2, 0) is 84.8 Å². The fourth-order valence-corrected chi connectivity index (χ4v) is 11.9. The van der Waals surface area contributed by atoms with Crippen LogP contribution in [0.4, 0.5) is 0 Å². The van der Waals surface area contributed by atoms with Crippen molar-refractivity contribution in [1.82, 2.24) is 52.8 Å². The van der Waals surface area contributed by atoms with Gasteiger partial charge in [-0.1, -0.05) is 89.4 Å². The minimum absolute atomic E-state index is 0.00978. The van der Waals surface area contributed by atoms with Gasteiger partial charge >= 0.3 is 5.97 Å². The predicted molar refractivity (Wildman–Crippen MR) is 379 cm³/mol. The standard InChI is InChI=1S/C73H106N12O17/c1-41(2)34-50-40-78-54(28-30-58(74)88)63(94)62(93)46(7)80-68(99)57(36-49-39-77-53-23-19-18-22-52(49)53)83-69(100)56(35-48-24-26-51(87)27-25-48)82-67(98)55(29-31-59(89)90)84-70(101)72(9,37-43(4)86)32-20-16-14-12-11-13-15-17-21-33-73(10,85-66(50)97)71(102)81-47(8)65(96)79-45(6)61(92)60(91)44(5)76-38-42(3)64(75)95/h13,15,18-19,22-27,39,41-42,44-47,50,54-57,76-78,87H,11-12,14,16-17,20-21,28-38,40H2,1-10H3,(H2,74,88)(H2,75,95)(H,79,96)(H,80,99)(H,81,102)(H,82,98)(H,83,100)(H,84,101)(H,85,97)(H,89,90)/b15-13+/t42-,44-,45-,46?,47?,50+,54-,55-,56?,57-,72-,73-/m0/s1. The first-order valence-corrected chi connectivity index (χ1v) is 35.0. The molecular weight excluding hydrogens is 1320 g/mol. The molecule has 102 heavy (non-hydrogen) atoms. The number of hydrogen-bond acceptors (Lipinski definition) is 18. The zero-order valence-electron chi connectivity index (χ0n) is 60.3. The maximum absolute atomic E-state index is 14.9. The van der Waals surface area contributed by atoms with Gasteiger partial charge in [-0.25, -0.2) is 0 Å². The third-order valence-electron chi connectivity index (χ3n) is 18.2. The fraction of sp³-hybridized carbons (Fsp3) is 0.575. The molecule has 3 aromatic rings. The van der Waals surface area contributed by atoms with Crippen molar-refractivity contribution in [3.05, 3.63) is 78.0 Å². The second kappa shape index (κ2) is 40.8. The zero-order chi connectivity index (χ0) is 76.2. The number of benzene rings is 2. The lowest BCUT2D eigenvalue weighted by atomic mass is 9.79. The van der Waals surface area contributed by atoms with E-state index in [4.69, 9.17) is 11.5 Å². The lowest BCUT2D eigenvalue weighted by molar-refractivity contribution is -0.141. The van der Waals surface area contributed by atoms with Crippen molar-refractivity contribution >= 4 is 99.0 Å². The highest BCUT2D eigenvalue weighted by Crippen LogP contribution is 2.31. The van der Waals surface area contributed by atoms with E-state index in [0.717, 1.165) is 0 Å². The van der Waals surface area contributed by atoms with Gasteiger partial charge in [-0.05, 0) is 135 Å². The van der Waals surface area contributed by atoms with Gasteiger partial charge in [0.2, 0.25) is 76.3 Å². The van der Waals surface area contributed by atoms with Gasteiger partial charge < -0.3 is 74.5 Å². The molecule has 2 heterocycles. The van der Waals surface area contributed by atoms with Gasteiger partial charge in [-0.2, -0.15) is 0 Å². The van der Waals surface area contributed by atoms with Crippen LogP contribution in [0.3, 0.4) is 0 Å². The summed E-state index contributed by atoms with van der Waals surface area (Å²) >= 11 is 0. The van der Waals surface area contributed by atoms with Crippen molar-refractivity contribution in [3.8, 4) is 5.75 Å². The lowest BCUT2D eigenvalue weighted by Crippen LogP contribution is -2.62. The van der Waals surface area contributed by atoms with Gasteiger partial charge in [0.15, 0.2) is 0 Å². The monoisotopic (exact) mass is 1420 g/mol. The Labute approximate surface area is 595 Å². The first-order valence-electron chi connectivity index (χ1n) is 35.0. The number of phenolic OH excluding ortho intramolecular Hbond substituents is 1. The normalized spacial score (nSPS) is 24.0. The highest BCUT2D eigenvalue weighted by atomic mass is 16.4. The number of aromatic hydroxyl groups is 1. The van der Waals surface area contributed by atoms with Crippen LogP contribution in [0.5, 0.6) is 5.75 Å². The zero-order valence-corrected chi connectivity index (χ0v) is 60.3. The highest BCUT2D eigenvalue weighted by molar-refractivity contribution is 6.41. The lowest BCUT2D eigenvalue weighted by Gasteiger charge is -2.33. The Hall–Kier alpha value is -9.51. The Morgan fingerprint density at radius 2 is 1.25 bits per heavy atom. The molecule has 0 aliphatic carbocycles. The summed E-state index contributed by atoms with van der Waals surface area (Å²) in [5.41, 5.74) is 9.36. The number of phenols is 1. The number of ketones is 5. The number of carbonyl (C=O) groups is 15. The first kappa shape index (κ1) is 84.9. The molecular formula is C73H106N12O17. The number of nitrogens with two attached hydrogens (primary N) is 2. The quantitative estimate of drug-likeness (QED) is 0.0428. The molecule has 1 aliphatic heterocycles. The Kier molecular flexibility index (Phi) is 34.0. The summed E-state index contributed by atoms with van der Waals surface area (Å²) in [5, 5.41) is 45.0. The number of H-pyrrole nitrogens is 1. The van der Waals surface area contributed by atoms with Crippen LogP contribution in [0.1, 0.15) is 177 Å². The van der Waals surface area contributed by atoms with Crippen LogP contribution in [-0.4, -0.2) is 170 Å². The number of carbonyl (C=O) groups excluding carboxylic acids is 14. The third-order valence-corrected chi connectivity index (χ3v) is 18.2. The Balaban J connectivity index is 1.77. The molecule has 0 bridgehead atoms. The van der Waals surface area contributed by atoms with Crippen molar-refractivity contribution in [2.45, 2.75) is 232 Å². The summed E-state index contributed by atoms with van der Waals surface area (Å²) in [6.07, 6.45) is 7.15.